The van der Waals surface area contributed by atoms with Crippen LogP contribution < -0.4 is 5.32 Å². The highest BCUT2D eigenvalue weighted by atomic mass is 16.5. The van der Waals surface area contributed by atoms with Crippen LogP contribution >= 0.6 is 0 Å². The molecule has 1 amide bonds. The smallest absolute Gasteiger partial charge is 0.338 e. The summed E-state index contributed by atoms with van der Waals surface area (Å²) in [6.07, 6.45) is 1.23. The fraction of sp³-hybridized carbons (Fsp3) is 0.556. The SMILES string of the molecule is CCOC(=O)c1ccc(NC(=O)CN2CC(C)CC(C)C2)cc1. The van der Waals surface area contributed by atoms with Gasteiger partial charge in [0.15, 0.2) is 0 Å². The Morgan fingerprint density at radius 1 is 1.17 bits per heavy atom. The maximum atomic E-state index is 12.2. The van der Waals surface area contributed by atoms with Crippen LogP contribution in [0, 0.1) is 11.8 Å². The van der Waals surface area contributed by atoms with Crippen LogP contribution in [0.15, 0.2) is 24.3 Å². The van der Waals surface area contributed by atoms with Crippen LogP contribution in [0.1, 0.15) is 37.6 Å². The van der Waals surface area contributed by atoms with E-state index in [1.165, 1.54) is 6.42 Å². The second-order valence-corrected chi connectivity index (χ2v) is 6.49. The van der Waals surface area contributed by atoms with Crippen molar-refractivity contribution in [1.29, 1.82) is 0 Å². The van der Waals surface area contributed by atoms with E-state index >= 15 is 0 Å². The van der Waals surface area contributed by atoms with Crippen molar-refractivity contribution in [3.63, 3.8) is 0 Å². The maximum Gasteiger partial charge on any atom is 0.338 e. The van der Waals surface area contributed by atoms with Gasteiger partial charge in [-0.15, -0.1) is 0 Å². The van der Waals surface area contributed by atoms with Gasteiger partial charge in [-0.3, -0.25) is 9.69 Å². The molecule has 0 bridgehead atoms. The van der Waals surface area contributed by atoms with Crippen molar-refractivity contribution >= 4 is 17.6 Å². The van der Waals surface area contributed by atoms with Crippen LogP contribution in [0.4, 0.5) is 5.69 Å². The molecule has 2 rings (SSSR count). The number of anilines is 1. The summed E-state index contributed by atoms with van der Waals surface area (Å²) in [6.45, 7) is 8.94. The quantitative estimate of drug-likeness (QED) is 0.848. The van der Waals surface area contributed by atoms with Gasteiger partial charge in [-0.2, -0.15) is 0 Å². The summed E-state index contributed by atoms with van der Waals surface area (Å²) < 4.78 is 4.94. The number of hydrogen-bond donors (Lipinski definition) is 1. The summed E-state index contributed by atoms with van der Waals surface area (Å²) >= 11 is 0. The fourth-order valence-electron chi connectivity index (χ4n) is 3.23. The molecule has 1 N–H and O–H groups in total. The molecular weight excluding hydrogens is 292 g/mol. The van der Waals surface area contributed by atoms with Gasteiger partial charge in [0.1, 0.15) is 0 Å². The average molecular weight is 318 g/mol. The molecule has 0 aliphatic carbocycles. The third-order valence-electron chi connectivity index (χ3n) is 3.99. The van der Waals surface area contributed by atoms with Gasteiger partial charge in [0.05, 0.1) is 18.7 Å². The molecule has 2 unspecified atom stereocenters. The number of esters is 1. The number of carbonyl (C=O) groups is 2. The number of benzene rings is 1. The maximum absolute atomic E-state index is 12.2. The van der Waals surface area contributed by atoms with Crippen LogP contribution in [-0.2, 0) is 9.53 Å². The molecular formula is C18H26N2O3. The molecule has 1 aliphatic rings. The average Bonchev–Trinajstić information content (AvgIpc) is 2.47. The zero-order valence-corrected chi connectivity index (χ0v) is 14.2. The minimum atomic E-state index is -0.346. The highest BCUT2D eigenvalue weighted by molar-refractivity contribution is 5.94. The number of likely N-dealkylation sites (tertiary alicyclic amines) is 1. The molecule has 5 nitrogen and oxygen atoms in total. The zero-order valence-electron chi connectivity index (χ0n) is 14.2. The number of hydrogen-bond acceptors (Lipinski definition) is 4. The van der Waals surface area contributed by atoms with E-state index in [1.807, 2.05) is 0 Å². The van der Waals surface area contributed by atoms with Crippen LogP contribution in [0.2, 0.25) is 0 Å². The summed E-state index contributed by atoms with van der Waals surface area (Å²) in [4.78, 5) is 26.0. The molecule has 0 aromatic heterocycles. The monoisotopic (exact) mass is 318 g/mol. The van der Waals surface area contributed by atoms with Gasteiger partial charge in [0.2, 0.25) is 5.91 Å². The van der Waals surface area contributed by atoms with Crippen LogP contribution in [0.25, 0.3) is 0 Å². The number of carbonyl (C=O) groups excluding carboxylic acids is 2. The first-order valence-electron chi connectivity index (χ1n) is 8.27. The molecule has 0 radical (unpaired) electrons. The summed E-state index contributed by atoms with van der Waals surface area (Å²) in [6, 6.07) is 6.79. The van der Waals surface area contributed by atoms with Gasteiger partial charge in [0, 0.05) is 18.8 Å². The molecule has 1 saturated heterocycles. The Kier molecular flexibility index (Phi) is 6.16. The summed E-state index contributed by atoms with van der Waals surface area (Å²) in [7, 11) is 0. The lowest BCUT2D eigenvalue weighted by molar-refractivity contribution is -0.117. The molecule has 1 aromatic rings. The Hall–Kier alpha value is -1.88. The van der Waals surface area contributed by atoms with E-state index < -0.39 is 0 Å². The number of ether oxygens (including phenoxy) is 1. The minimum Gasteiger partial charge on any atom is -0.462 e. The fourth-order valence-corrected chi connectivity index (χ4v) is 3.23. The first-order valence-corrected chi connectivity index (χ1v) is 8.27. The van der Waals surface area contributed by atoms with Crippen LogP contribution in [-0.4, -0.2) is 43.0 Å². The molecule has 126 valence electrons. The number of nitrogens with zero attached hydrogens (tertiary/aromatic N) is 1. The minimum absolute atomic E-state index is 0.0183. The topological polar surface area (TPSA) is 58.6 Å². The van der Waals surface area contributed by atoms with Crippen molar-refractivity contribution in [1.82, 2.24) is 4.90 Å². The van der Waals surface area contributed by atoms with Crippen molar-refractivity contribution in [2.45, 2.75) is 27.2 Å². The molecule has 0 spiro atoms. The van der Waals surface area contributed by atoms with Gasteiger partial charge >= 0.3 is 5.97 Å². The molecule has 5 heteroatoms. The second-order valence-electron chi connectivity index (χ2n) is 6.49. The number of rotatable bonds is 5. The molecule has 1 heterocycles. The predicted molar refractivity (Wildman–Crippen MR) is 90.4 cm³/mol. The molecule has 2 atom stereocenters. The van der Waals surface area contributed by atoms with Crippen molar-refractivity contribution in [2.24, 2.45) is 11.8 Å². The van der Waals surface area contributed by atoms with E-state index in [-0.39, 0.29) is 11.9 Å². The molecule has 0 saturated carbocycles. The molecule has 1 aromatic carbocycles. The van der Waals surface area contributed by atoms with Crippen LogP contribution in [0.3, 0.4) is 0 Å². The first-order chi connectivity index (χ1) is 11.0. The van der Waals surface area contributed by atoms with Gasteiger partial charge < -0.3 is 10.1 Å². The number of amides is 1. The van der Waals surface area contributed by atoms with Crippen molar-refractivity contribution in [3.8, 4) is 0 Å². The Morgan fingerprint density at radius 2 is 1.78 bits per heavy atom. The number of nitrogens with one attached hydrogen (secondary N) is 1. The van der Waals surface area contributed by atoms with Crippen molar-refractivity contribution in [3.05, 3.63) is 29.8 Å². The highest BCUT2D eigenvalue weighted by Crippen LogP contribution is 2.20. The molecule has 23 heavy (non-hydrogen) atoms. The normalized spacial score (nSPS) is 21.7. The molecule has 1 aliphatic heterocycles. The highest BCUT2D eigenvalue weighted by Gasteiger charge is 2.23. The lowest BCUT2D eigenvalue weighted by Gasteiger charge is -2.34. The van der Waals surface area contributed by atoms with Gasteiger partial charge in [-0.1, -0.05) is 13.8 Å². The van der Waals surface area contributed by atoms with E-state index in [2.05, 4.69) is 24.1 Å². The van der Waals surface area contributed by atoms with E-state index in [4.69, 9.17) is 4.74 Å². The lowest BCUT2D eigenvalue weighted by atomic mass is 9.92. The Bertz CT molecular complexity index is 532. The second kappa shape index (κ2) is 8.11. The van der Waals surface area contributed by atoms with Crippen LogP contribution in [0.5, 0.6) is 0 Å². The summed E-state index contributed by atoms with van der Waals surface area (Å²) in [5.41, 5.74) is 1.18. The van der Waals surface area contributed by atoms with E-state index in [0.29, 0.717) is 36.2 Å². The zero-order chi connectivity index (χ0) is 16.8. The molecule has 1 fully saturated rings. The van der Waals surface area contributed by atoms with Gasteiger partial charge in [0.25, 0.3) is 0 Å². The lowest BCUT2D eigenvalue weighted by Crippen LogP contribution is -2.42. The third-order valence-corrected chi connectivity index (χ3v) is 3.99. The Balaban J connectivity index is 1.86. The van der Waals surface area contributed by atoms with E-state index in [9.17, 15) is 9.59 Å². The van der Waals surface area contributed by atoms with Crippen molar-refractivity contribution in [2.75, 3.05) is 31.6 Å². The van der Waals surface area contributed by atoms with Gasteiger partial charge in [-0.05, 0) is 49.4 Å². The summed E-state index contributed by atoms with van der Waals surface area (Å²) in [5, 5.41) is 2.88. The standard InChI is InChI=1S/C18H26N2O3/c1-4-23-18(22)15-5-7-16(8-6-15)19-17(21)12-20-10-13(2)9-14(3)11-20/h5-8,13-14H,4,9-12H2,1-3H3,(H,19,21). The van der Waals surface area contributed by atoms with Crippen molar-refractivity contribution < 1.29 is 14.3 Å². The summed E-state index contributed by atoms with van der Waals surface area (Å²) in [5.74, 6) is 0.905. The third kappa shape index (κ3) is 5.36. The first kappa shape index (κ1) is 17.5. The predicted octanol–water partition coefficient (Wildman–Crippen LogP) is 2.78. The number of piperidine rings is 1. The largest absolute Gasteiger partial charge is 0.462 e. The van der Waals surface area contributed by atoms with E-state index in [0.717, 1.165) is 13.1 Å². The Morgan fingerprint density at radius 3 is 2.35 bits per heavy atom. The Labute approximate surface area is 138 Å². The van der Waals surface area contributed by atoms with Gasteiger partial charge in [-0.25, -0.2) is 4.79 Å². The van der Waals surface area contributed by atoms with E-state index in [1.54, 1.807) is 31.2 Å².